The van der Waals surface area contributed by atoms with Crippen molar-refractivity contribution < 1.29 is 8.78 Å². The number of benzene rings is 1. The third kappa shape index (κ3) is 2.55. The first-order valence-electron chi connectivity index (χ1n) is 3.67. The van der Waals surface area contributed by atoms with Crippen molar-refractivity contribution in [3.63, 3.8) is 0 Å². The van der Waals surface area contributed by atoms with E-state index < -0.39 is 0 Å². The van der Waals surface area contributed by atoms with Crippen molar-refractivity contribution >= 4 is 15.9 Å². The molecule has 0 spiro atoms. The van der Waals surface area contributed by atoms with Gasteiger partial charge < -0.3 is 0 Å². The molecule has 0 N–H and O–H groups in total. The standard InChI is InChI=1S/C9H9BrF2/c1-6(10)4-7-5-8(11)2-3-9(7)12/h2-3,5-6H,4H2,1H3. The lowest BCUT2D eigenvalue weighted by molar-refractivity contribution is 0.584. The molecule has 1 rings (SSSR count). The fourth-order valence-electron chi connectivity index (χ4n) is 1.00. The molecule has 0 amide bonds. The number of hydrogen-bond donors (Lipinski definition) is 0. The van der Waals surface area contributed by atoms with E-state index in [-0.39, 0.29) is 16.5 Å². The molecule has 3 heteroatoms. The Bertz CT molecular complexity index is 271. The van der Waals surface area contributed by atoms with Gasteiger partial charge in [-0.25, -0.2) is 8.78 Å². The van der Waals surface area contributed by atoms with Crippen LogP contribution in [0, 0.1) is 11.6 Å². The third-order valence-electron chi connectivity index (χ3n) is 1.51. The van der Waals surface area contributed by atoms with Gasteiger partial charge in [-0.05, 0) is 30.2 Å². The maximum Gasteiger partial charge on any atom is 0.126 e. The van der Waals surface area contributed by atoms with Crippen LogP contribution in [0.5, 0.6) is 0 Å². The summed E-state index contributed by atoms with van der Waals surface area (Å²) in [6, 6.07) is 3.50. The minimum Gasteiger partial charge on any atom is -0.207 e. The summed E-state index contributed by atoms with van der Waals surface area (Å²) in [5.74, 6) is -0.734. The van der Waals surface area contributed by atoms with Gasteiger partial charge in [-0.2, -0.15) is 0 Å². The Kier molecular flexibility index (Phi) is 3.20. The summed E-state index contributed by atoms with van der Waals surface area (Å²) >= 11 is 3.28. The summed E-state index contributed by atoms with van der Waals surface area (Å²) in [5.41, 5.74) is 0.416. The van der Waals surface area contributed by atoms with Crippen molar-refractivity contribution in [2.24, 2.45) is 0 Å². The quantitative estimate of drug-likeness (QED) is 0.690. The van der Waals surface area contributed by atoms with E-state index in [1.54, 1.807) is 0 Å². The number of alkyl halides is 1. The minimum atomic E-state index is -0.389. The second kappa shape index (κ2) is 3.99. The first kappa shape index (κ1) is 9.65. The Morgan fingerprint density at radius 1 is 1.42 bits per heavy atom. The Morgan fingerprint density at radius 3 is 2.67 bits per heavy atom. The average molecular weight is 235 g/mol. The zero-order chi connectivity index (χ0) is 9.14. The molecule has 1 atom stereocenters. The molecular weight excluding hydrogens is 226 g/mol. The number of hydrogen-bond acceptors (Lipinski definition) is 0. The molecular formula is C9H9BrF2. The van der Waals surface area contributed by atoms with Crippen LogP contribution < -0.4 is 0 Å². The van der Waals surface area contributed by atoms with E-state index in [0.717, 1.165) is 12.1 Å². The van der Waals surface area contributed by atoms with Crippen molar-refractivity contribution in [3.05, 3.63) is 35.4 Å². The molecule has 0 aliphatic heterocycles. The smallest absolute Gasteiger partial charge is 0.126 e. The SMILES string of the molecule is CC(Br)Cc1cc(F)ccc1F. The van der Waals surface area contributed by atoms with Gasteiger partial charge in [0.2, 0.25) is 0 Å². The summed E-state index contributed by atoms with van der Waals surface area (Å²) in [7, 11) is 0. The molecule has 1 aromatic rings. The predicted octanol–water partition coefficient (Wildman–Crippen LogP) is 3.29. The van der Waals surface area contributed by atoms with Gasteiger partial charge in [0.15, 0.2) is 0 Å². The lowest BCUT2D eigenvalue weighted by Gasteiger charge is -2.04. The largest absolute Gasteiger partial charge is 0.207 e. The van der Waals surface area contributed by atoms with Crippen molar-refractivity contribution in [1.82, 2.24) is 0 Å². The molecule has 0 aliphatic rings. The molecule has 0 nitrogen and oxygen atoms in total. The highest BCUT2D eigenvalue weighted by atomic mass is 79.9. The second-order valence-corrected chi connectivity index (χ2v) is 4.28. The van der Waals surface area contributed by atoms with E-state index in [1.165, 1.54) is 6.07 Å². The van der Waals surface area contributed by atoms with E-state index in [0.29, 0.717) is 12.0 Å². The van der Waals surface area contributed by atoms with Gasteiger partial charge in [-0.15, -0.1) is 0 Å². The maximum atomic E-state index is 12.9. The molecule has 1 unspecified atom stereocenters. The second-order valence-electron chi connectivity index (χ2n) is 2.72. The molecule has 0 bridgehead atoms. The zero-order valence-electron chi connectivity index (χ0n) is 6.65. The van der Waals surface area contributed by atoms with Gasteiger partial charge in [0.1, 0.15) is 11.6 Å². The van der Waals surface area contributed by atoms with Crippen molar-refractivity contribution in [2.45, 2.75) is 18.2 Å². The summed E-state index contributed by atoms with van der Waals surface area (Å²) < 4.78 is 25.6. The van der Waals surface area contributed by atoms with E-state index >= 15 is 0 Å². The van der Waals surface area contributed by atoms with Crippen LogP contribution in [0.15, 0.2) is 18.2 Å². The van der Waals surface area contributed by atoms with E-state index in [9.17, 15) is 8.78 Å². The highest BCUT2D eigenvalue weighted by Gasteiger charge is 2.05. The van der Waals surface area contributed by atoms with E-state index in [1.807, 2.05) is 6.92 Å². The van der Waals surface area contributed by atoms with Gasteiger partial charge >= 0.3 is 0 Å². The summed E-state index contributed by atoms with van der Waals surface area (Å²) in [6.45, 7) is 1.89. The van der Waals surface area contributed by atoms with Crippen LogP contribution in [0.3, 0.4) is 0 Å². The van der Waals surface area contributed by atoms with Crippen LogP contribution in [0.1, 0.15) is 12.5 Å². The molecule has 0 aliphatic carbocycles. The van der Waals surface area contributed by atoms with Gasteiger partial charge in [0, 0.05) is 4.83 Å². The minimum absolute atomic E-state index is 0.161. The molecule has 0 aromatic heterocycles. The lowest BCUT2D eigenvalue weighted by atomic mass is 10.1. The van der Waals surface area contributed by atoms with Crippen LogP contribution in [0.4, 0.5) is 8.78 Å². The summed E-state index contributed by atoms with van der Waals surface area (Å²) in [6.07, 6.45) is 0.504. The van der Waals surface area contributed by atoms with Crippen molar-refractivity contribution in [3.8, 4) is 0 Å². The Balaban J connectivity index is 2.90. The fourth-order valence-corrected chi connectivity index (χ4v) is 1.35. The predicted molar refractivity (Wildman–Crippen MR) is 48.5 cm³/mol. The van der Waals surface area contributed by atoms with Gasteiger partial charge in [0.25, 0.3) is 0 Å². The lowest BCUT2D eigenvalue weighted by Crippen LogP contribution is -1.99. The van der Waals surface area contributed by atoms with Gasteiger partial charge in [-0.1, -0.05) is 22.9 Å². The van der Waals surface area contributed by atoms with Crippen LogP contribution in [0.2, 0.25) is 0 Å². The Hall–Kier alpha value is -0.440. The first-order chi connectivity index (χ1) is 5.59. The number of halogens is 3. The highest BCUT2D eigenvalue weighted by Crippen LogP contribution is 2.14. The molecule has 0 saturated heterocycles. The van der Waals surface area contributed by atoms with Crippen molar-refractivity contribution in [2.75, 3.05) is 0 Å². The molecule has 12 heavy (non-hydrogen) atoms. The average Bonchev–Trinajstić information content (AvgIpc) is 1.96. The Morgan fingerprint density at radius 2 is 2.08 bits per heavy atom. The highest BCUT2D eigenvalue weighted by molar-refractivity contribution is 9.09. The number of rotatable bonds is 2. The maximum absolute atomic E-state index is 12.9. The van der Waals surface area contributed by atoms with Gasteiger partial charge in [0.05, 0.1) is 0 Å². The molecule has 66 valence electrons. The van der Waals surface area contributed by atoms with Crippen LogP contribution >= 0.6 is 15.9 Å². The Labute approximate surface area is 78.7 Å². The molecule has 0 fully saturated rings. The third-order valence-corrected chi connectivity index (χ3v) is 1.83. The van der Waals surface area contributed by atoms with Crippen molar-refractivity contribution in [1.29, 1.82) is 0 Å². The van der Waals surface area contributed by atoms with E-state index in [4.69, 9.17) is 0 Å². The molecule has 0 saturated carbocycles. The van der Waals surface area contributed by atoms with Gasteiger partial charge in [-0.3, -0.25) is 0 Å². The topological polar surface area (TPSA) is 0 Å². The monoisotopic (exact) mass is 234 g/mol. The van der Waals surface area contributed by atoms with Crippen LogP contribution in [0.25, 0.3) is 0 Å². The fraction of sp³-hybridized carbons (Fsp3) is 0.333. The molecule has 1 aromatic carbocycles. The van der Waals surface area contributed by atoms with Crippen LogP contribution in [-0.4, -0.2) is 4.83 Å². The first-order valence-corrected chi connectivity index (χ1v) is 4.59. The van der Waals surface area contributed by atoms with E-state index in [2.05, 4.69) is 15.9 Å². The molecule has 0 radical (unpaired) electrons. The van der Waals surface area contributed by atoms with Crippen LogP contribution in [-0.2, 0) is 6.42 Å². The summed E-state index contributed by atoms with van der Waals surface area (Å²) in [5, 5.41) is 0. The zero-order valence-corrected chi connectivity index (χ0v) is 8.24. The molecule has 0 heterocycles. The summed E-state index contributed by atoms with van der Waals surface area (Å²) in [4.78, 5) is 0.161. The normalized spacial score (nSPS) is 13.0.